The molecule has 0 aliphatic rings. The van der Waals surface area contributed by atoms with Crippen molar-refractivity contribution in [3.05, 3.63) is 29.8 Å². The Labute approximate surface area is 133 Å². The van der Waals surface area contributed by atoms with Crippen LogP contribution in [0.5, 0.6) is 5.75 Å². The van der Waals surface area contributed by atoms with Crippen molar-refractivity contribution >= 4 is 24.3 Å². The molecule has 0 bridgehead atoms. The first-order chi connectivity index (χ1) is 10.9. The van der Waals surface area contributed by atoms with E-state index in [2.05, 4.69) is 5.10 Å². The number of ketones is 1. The van der Waals surface area contributed by atoms with Crippen molar-refractivity contribution in [1.29, 1.82) is 0 Å². The van der Waals surface area contributed by atoms with E-state index in [9.17, 15) is 14.4 Å². The van der Waals surface area contributed by atoms with Crippen molar-refractivity contribution < 1.29 is 19.1 Å². The van der Waals surface area contributed by atoms with Crippen molar-refractivity contribution in [3.63, 3.8) is 0 Å². The van der Waals surface area contributed by atoms with E-state index >= 15 is 0 Å². The summed E-state index contributed by atoms with van der Waals surface area (Å²) >= 11 is 0. The molecule has 8 heteroatoms. The van der Waals surface area contributed by atoms with E-state index in [-0.39, 0.29) is 18.6 Å². The molecule has 0 heterocycles. The lowest BCUT2D eigenvalue weighted by atomic mass is 9.87. The predicted octanol–water partition coefficient (Wildman–Crippen LogP) is -0.522. The van der Waals surface area contributed by atoms with Gasteiger partial charge in [0.2, 0.25) is 0 Å². The van der Waals surface area contributed by atoms with E-state index in [1.807, 2.05) is 0 Å². The Kier molecular flexibility index (Phi) is 6.55. The van der Waals surface area contributed by atoms with Crippen molar-refractivity contribution in [2.75, 3.05) is 0 Å². The molecule has 8 nitrogen and oxygen atoms in total. The minimum absolute atomic E-state index is 0.00482. The summed E-state index contributed by atoms with van der Waals surface area (Å²) < 4.78 is 5.15. The van der Waals surface area contributed by atoms with Crippen LogP contribution in [0.2, 0.25) is 0 Å². The maximum atomic E-state index is 12.3. The fourth-order valence-electron chi connectivity index (χ4n) is 1.87. The van der Waals surface area contributed by atoms with E-state index in [4.69, 9.17) is 22.0 Å². The highest BCUT2D eigenvalue weighted by molar-refractivity contribution is 6.11. The summed E-state index contributed by atoms with van der Waals surface area (Å²) in [6.07, 6.45) is 1.71. The van der Waals surface area contributed by atoms with E-state index < -0.39 is 23.3 Å². The Morgan fingerprint density at radius 3 is 2.43 bits per heavy atom. The van der Waals surface area contributed by atoms with Gasteiger partial charge in [0, 0.05) is 6.42 Å². The van der Waals surface area contributed by atoms with Gasteiger partial charge in [-0.25, -0.2) is 4.79 Å². The predicted molar refractivity (Wildman–Crippen MR) is 84.7 cm³/mol. The van der Waals surface area contributed by atoms with Gasteiger partial charge in [-0.15, -0.1) is 0 Å². The molecule has 124 valence electrons. The summed E-state index contributed by atoms with van der Waals surface area (Å²) in [4.78, 5) is 35.0. The SMILES string of the molecule is CCC(N)(C(=O)Oc1ccc(C=NN)cc1)C(=O)C(N)CC=O. The summed E-state index contributed by atoms with van der Waals surface area (Å²) in [7, 11) is 0. The number of ether oxygens (including phenoxy) is 1. The third kappa shape index (κ3) is 4.44. The fourth-order valence-corrected chi connectivity index (χ4v) is 1.87. The largest absolute Gasteiger partial charge is 0.425 e. The molecule has 1 aromatic carbocycles. The monoisotopic (exact) mass is 320 g/mol. The highest BCUT2D eigenvalue weighted by Crippen LogP contribution is 2.18. The maximum Gasteiger partial charge on any atom is 0.339 e. The van der Waals surface area contributed by atoms with Crippen LogP contribution in [0.4, 0.5) is 0 Å². The third-order valence-electron chi connectivity index (χ3n) is 3.36. The highest BCUT2D eigenvalue weighted by Gasteiger charge is 2.44. The highest BCUT2D eigenvalue weighted by atomic mass is 16.5. The first kappa shape index (κ1) is 18.5. The van der Waals surface area contributed by atoms with Gasteiger partial charge in [0.05, 0.1) is 12.3 Å². The topological polar surface area (TPSA) is 151 Å². The van der Waals surface area contributed by atoms with Crippen molar-refractivity contribution in [3.8, 4) is 5.75 Å². The lowest BCUT2D eigenvalue weighted by Gasteiger charge is -2.26. The van der Waals surface area contributed by atoms with Crippen LogP contribution in [-0.4, -0.2) is 35.8 Å². The van der Waals surface area contributed by atoms with Crippen LogP contribution in [-0.2, 0) is 14.4 Å². The molecule has 0 fully saturated rings. The van der Waals surface area contributed by atoms with Crippen LogP contribution in [0.25, 0.3) is 0 Å². The van der Waals surface area contributed by atoms with Gasteiger partial charge in [0.15, 0.2) is 11.3 Å². The number of Topliss-reactive ketones (excluding diaryl/α,β-unsaturated/α-hetero) is 1. The van der Waals surface area contributed by atoms with E-state index in [0.717, 1.165) is 0 Å². The molecule has 0 spiro atoms. The molecule has 0 saturated carbocycles. The smallest absolute Gasteiger partial charge is 0.339 e. The van der Waals surface area contributed by atoms with Crippen molar-refractivity contribution in [2.45, 2.75) is 31.3 Å². The second kappa shape index (κ2) is 8.16. The number of hydrogen-bond acceptors (Lipinski definition) is 8. The molecule has 1 aromatic rings. The van der Waals surface area contributed by atoms with Gasteiger partial charge in [-0.1, -0.05) is 6.92 Å². The molecule has 0 radical (unpaired) electrons. The van der Waals surface area contributed by atoms with Gasteiger partial charge in [-0.2, -0.15) is 5.10 Å². The van der Waals surface area contributed by atoms with Crippen LogP contribution < -0.4 is 22.0 Å². The number of carbonyl (C=O) groups is 3. The van der Waals surface area contributed by atoms with Crippen LogP contribution in [0.15, 0.2) is 29.4 Å². The zero-order chi connectivity index (χ0) is 17.5. The fraction of sp³-hybridized carbons (Fsp3) is 0.333. The quantitative estimate of drug-likeness (QED) is 0.111. The van der Waals surface area contributed by atoms with Crippen LogP contribution >= 0.6 is 0 Å². The molecule has 6 N–H and O–H groups in total. The van der Waals surface area contributed by atoms with Crippen LogP contribution in [0.1, 0.15) is 25.3 Å². The molecule has 0 aliphatic heterocycles. The van der Waals surface area contributed by atoms with Gasteiger partial charge >= 0.3 is 5.97 Å². The first-order valence-corrected chi connectivity index (χ1v) is 6.97. The summed E-state index contributed by atoms with van der Waals surface area (Å²) in [6.45, 7) is 1.56. The minimum Gasteiger partial charge on any atom is -0.425 e. The number of esters is 1. The first-order valence-electron chi connectivity index (χ1n) is 6.97. The van der Waals surface area contributed by atoms with E-state index in [1.54, 1.807) is 19.1 Å². The summed E-state index contributed by atoms with van der Waals surface area (Å²) in [5, 5.41) is 3.37. The number of aldehydes is 1. The molecule has 0 saturated heterocycles. The second-order valence-corrected chi connectivity index (χ2v) is 4.93. The maximum absolute atomic E-state index is 12.3. The lowest BCUT2D eigenvalue weighted by Crippen LogP contribution is -2.61. The molecular formula is C15H20N4O4. The number of benzene rings is 1. The van der Waals surface area contributed by atoms with Gasteiger partial charge in [0.25, 0.3) is 0 Å². The van der Waals surface area contributed by atoms with Crippen molar-refractivity contribution in [1.82, 2.24) is 0 Å². The van der Waals surface area contributed by atoms with E-state index in [1.165, 1.54) is 18.3 Å². The number of hydrazone groups is 1. The number of nitrogens with zero attached hydrogens (tertiary/aromatic N) is 1. The zero-order valence-corrected chi connectivity index (χ0v) is 12.8. The molecule has 0 amide bonds. The third-order valence-corrected chi connectivity index (χ3v) is 3.36. The van der Waals surface area contributed by atoms with Gasteiger partial charge < -0.3 is 26.8 Å². The Morgan fingerprint density at radius 2 is 1.96 bits per heavy atom. The Morgan fingerprint density at radius 1 is 1.35 bits per heavy atom. The zero-order valence-electron chi connectivity index (χ0n) is 12.8. The number of carbonyl (C=O) groups excluding carboxylic acids is 3. The van der Waals surface area contributed by atoms with E-state index in [0.29, 0.717) is 11.8 Å². The van der Waals surface area contributed by atoms with Crippen LogP contribution in [0.3, 0.4) is 0 Å². The van der Waals surface area contributed by atoms with Crippen LogP contribution in [0, 0.1) is 0 Å². The standard InChI is InChI=1S/C15H20N4O4/c1-2-15(17,13(21)12(16)7-8-20)14(22)23-11-5-3-10(4-6-11)9-19-18/h3-6,8-9,12H,2,7,16-18H2,1H3. The molecule has 1 rings (SSSR count). The number of hydrogen-bond donors (Lipinski definition) is 3. The number of nitrogens with two attached hydrogens (primary N) is 3. The average molecular weight is 320 g/mol. The Balaban J connectivity index is 2.91. The van der Waals surface area contributed by atoms with Crippen molar-refractivity contribution in [2.24, 2.45) is 22.4 Å². The average Bonchev–Trinajstić information content (AvgIpc) is 2.55. The minimum atomic E-state index is -1.90. The molecular weight excluding hydrogens is 300 g/mol. The molecule has 0 aliphatic carbocycles. The normalized spacial score (nSPS) is 14.9. The summed E-state index contributed by atoms with van der Waals surface area (Å²) in [5.41, 5.74) is 10.3. The van der Waals surface area contributed by atoms with Gasteiger partial charge in [-0.3, -0.25) is 4.79 Å². The second-order valence-electron chi connectivity index (χ2n) is 4.93. The summed E-state index contributed by atoms with van der Waals surface area (Å²) in [6, 6.07) is 5.14. The number of rotatable bonds is 8. The lowest BCUT2D eigenvalue weighted by molar-refractivity contribution is -0.147. The van der Waals surface area contributed by atoms with Gasteiger partial charge in [-0.05, 0) is 36.2 Å². The Hall–Kier alpha value is -2.58. The molecule has 2 unspecified atom stereocenters. The molecule has 2 atom stereocenters. The molecule has 0 aromatic heterocycles. The summed E-state index contributed by atoms with van der Waals surface area (Å²) in [5.74, 6) is 3.59. The molecule has 23 heavy (non-hydrogen) atoms. The van der Waals surface area contributed by atoms with Gasteiger partial charge in [0.1, 0.15) is 12.0 Å². The Bertz CT molecular complexity index is 600.